The van der Waals surface area contributed by atoms with E-state index in [2.05, 4.69) is 0 Å². The zero-order valence-corrected chi connectivity index (χ0v) is 15.5. The van der Waals surface area contributed by atoms with Crippen LogP contribution in [0.2, 0.25) is 0 Å². The maximum absolute atomic E-state index is 11.8. The number of benzene rings is 1. The fourth-order valence-corrected chi connectivity index (χ4v) is 2.76. The van der Waals surface area contributed by atoms with E-state index in [4.69, 9.17) is 14.0 Å². The Hall–Kier alpha value is -1.25. The number of nitrogens with zero attached hydrogens (tertiary/aromatic N) is 1. The summed E-state index contributed by atoms with van der Waals surface area (Å²) >= 11 is 0. The molecular weight excluding hydrogens is 317 g/mol. The Balaban J connectivity index is 2.46. The van der Waals surface area contributed by atoms with E-state index in [9.17, 15) is 8.42 Å². The van der Waals surface area contributed by atoms with E-state index in [0.717, 1.165) is 6.26 Å². The lowest BCUT2D eigenvalue weighted by Gasteiger charge is -2.32. The molecule has 1 heterocycles. The van der Waals surface area contributed by atoms with Gasteiger partial charge in [-0.05, 0) is 45.9 Å². The highest BCUT2D eigenvalue weighted by Gasteiger charge is 2.52. The molecule has 0 aromatic heterocycles. The number of methoxy groups -OCH3 is 1. The number of anilines is 1. The molecule has 6 nitrogen and oxygen atoms in total. The van der Waals surface area contributed by atoms with E-state index in [0.29, 0.717) is 16.9 Å². The van der Waals surface area contributed by atoms with Gasteiger partial charge in [-0.25, -0.2) is 8.42 Å². The van der Waals surface area contributed by atoms with E-state index >= 15 is 0 Å². The molecule has 0 radical (unpaired) electrons. The number of sulfonamides is 1. The average molecular weight is 341 g/mol. The number of ether oxygens (including phenoxy) is 1. The first-order chi connectivity index (χ1) is 10.4. The van der Waals surface area contributed by atoms with Crippen molar-refractivity contribution in [2.45, 2.75) is 38.9 Å². The minimum atomic E-state index is -3.35. The first-order valence-electron chi connectivity index (χ1n) is 7.36. The summed E-state index contributed by atoms with van der Waals surface area (Å²) in [5.74, 6) is 0.592. The summed E-state index contributed by atoms with van der Waals surface area (Å²) in [6.45, 7) is 7.86. The second-order valence-electron chi connectivity index (χ2n) is 6.74. The predicted molar refractivity (Wildman–Crippen MR) is 92.0 cm³/mol. The average Bonchev–Trinajstić information content (AvgIpc) is 2.65. The second-order valence-corrected chi connectivity index (χ2v) is 8.76. The molecule has 2 rings (SSSR count). The summed E-state index contributed by atoms with van der Waals surface area (Å²) in [5.41, 5.74) is 0.222. The fourth-order valence-electron chi connectivity index (χ4n) is 2.26. The van der Waals surface area contributed by atoms with Gasteiger partial charge in [-0.3, -0.25) is 4.31 Å². The smallest absolute Gasteiger partial charge is 0.497 e. The monoisotopic (exact) mass is 341 g/mol. The van der Waals surface area contributed by atoms with Crippen molar-refractivity contribution in [1.29, 1.82) is 0 Å². The van der Waals surface area contributed by atoms with Crippen LogP contribution >= 0.6 is 0 Å². The Morgan fingerprint density at radius 3 is 2.09 bits per heavy atom. The molecule has 8 heteroatoms. The van der Waals surface area contributed by atoms with Crippen LogP contribution in [0.5, 0.6) is 5.75 Å². The van der Waals surface area contributed by atoms with Gasteiger partial charge in [0.05, 0.1) is 30.3 Å². The lowest BCUT2D eigenvalue weighted by atomic mass is 9.78. The van der Waals surface area contributed by atoms with E-state index in [1.165, 1.54) is 11.4 Å². The van der Waals surface area contributed by atoms with Crippen molar-refractivity contribution < 1.29 is 22.5 Å². The first kappa shape index (κ1) is 18.1. The Morgan fingerprint density at radius 2 is 1.65 bits per heavy atom. The molecule has 1 aromatic rings. The van der Waals surface area contributed by atoms with Crippen molar-refractivity contribution in [2.24, 2.45) is 0 Å². The summed E-state index contributed by atoms with van der Waals surface area (Å²) in [7, 11) is -0.908. The Morgan fingerprint density at radius 1 is 1.13 bits per heavy atom. The molecule has 128 valence electrons. The summed E-state index contributed by atoms with van der Waals surface area (Å²) in [6.07, 6.45) is 1.16. The molecule has 1 aromatic carbocycles. The van der Waals surface area contributed by atoms with E-state index < -0.39 is 28.3 Å². The summed E-state index contributed by atoms with van der Waals surface area (Å²) in [4.78, 5) is 0. The molecular formula is C15H24BNO5S. The minimum absolute atomic E-state index is 0.485. The van der Waals surface area contributed by atoms with Crippen LogP contribution in [0.1, 0.15) is 27.7 Å². The van der Waals surface area contributed by atoms with Gasteiger partial charge in [-0.2, -0.15) is 0 Å². The van der Waals surface area contributed by atoms with Gasteiger partial charge in [-0.1, -0.05) is 0 Å². The van der Waals surface area contributed by atoms with Crippen LogP contribution in [0, 0.1) is 0 Å². The van der Waals surface area contributed by atoms with Crippen LogP contribution in [0.3, 0.4) is 0 Å². The highest BCUT2D eigenvalue weighted by molar-refractivity contribution is 7.92. The quantitative estimate of drug-likeness (QED) is 0.775. The lowest BCUT2D eigenvalue weighted by Crippen LogP contribution is -2.41. The van der Waals surface area contributed by atoms with Crippen LogP contribution in [0.25, 0.3) is 0 Å². The van der Waals surface area contributed by atoms with Gasteiger partial charge in [0.2, 0.25) is 10.0 Å². The van der Waals surface area contributed by atoms with Crippen molar-refractivity contribution in [3.05, 3.63) is 18.2 Å². The third-order valence-corrected chi connectivity index (χ3v) is 5.79. The van der Waals surface area contributed by atoms with Gasteiger partial charge < -0.3 is 14.0 Å². The standard InChI is InChI=1S/C15H24BNO5S/c1-14(2)15(3,4)22-16(21-14)12-10-11(8-9-13(12)20-6)17(5)23(7,18)19/h8-10H,1-7H3. The molecule has 1 aliphatic rings. The van der Waals surface area contributed by atoms with Crippen molar-refractivity contribution in [3.8, 4) is 5.75 Å². The van der Waals surface area contributed by atoms with E-state index in [1.54, 1.807) is 25.3 Å². The molecule has 1 fully saturated rings. The molecule has 1 aliphatic heterocycles. The largest absolute Gasteiger partial charge is 0.498 e. The predicted octanol–water partition coefficient (Wildman–Crippen LogP) is 1.39. The van der Waals surface area contributed by atoms with Crippen LogP contribution in [-0.4, -0.2) is 47.2 Å². The molecule has 0 amide bonds. The highest BCUT2D eigenvalue weighted by atomic mass is 32.2. The highest BCUT2D eigenvalue weighted by Crippen LogP contribution is 2.37. The zero-order chi connectivity index (χ0) is 17.6. The van der Waals surface area contributed by atoms with E-state index in [1.807, 2.05) is 27.7 Å². The first-order valence-corrected chi connectivity index (χ1v) is 9.21. The maximum atomic E-state index is 11.8. The number of hydrogen-bond acceptors (Lipinski definition) is 5. The minimum Gasteiger partial charge on any atom is -0.497 e. The molecule has 0 N–H and O–H groups in total. The Kier molecular flexibility index (Phi) is 4.47. The topological polar surface area (TPSA) is 65.1 Å². The lowest BCUT2D eigenvalue weighted by molar-refractivity contribution is 0.00578. The van der Waals surface area contributed by atoms with Crippen LogP contribution < -0.4 is 14.5 Å². The molecule has 0 atom stereocenters. The molecule has 0 aliphatic carbocycles. The van der Waals surface area contributed by atoms with Crippen molar-refractivity contribution >= 4 is 28.3 Å². The van der Waals surface area contributed by atoms with Crippen molar-refractivity contribution in [3.63, 3.8) is 0 Å². The Labute approximate surface area is 138 Å². The van der Waals surface area contributed by atoms with Gasteiger partial charge >= 0.3 is 7.12 Å². The Bertz CT molecular complexity index is 686. The van der Waals surface area contributed by atoms with Gasteiger partial charge in [0.15, 0.2) is 0 Å². The third kappa shape index (κ3) is 3.34. The molecule has 0 unspecified atom stereocenters. The van der Waals surface area contributed by atoms with Crippen LogP contribution in [0.4, 0.5) is 5.69 Å². The summed E-state index contributed by atoms with van der Waals surface area (Å²) in [6, 6.07) is 5.13. The van der Waals surface area contributed by atoms with Crippen molar-refractivity contribution in [1.82, 2.24) is 0 Å². The van der Waals surface area contributed by atoms with Crippen LogP contribution in [-0.2, 0) is 19.3 Å². The number of rotatable bonds is 4. The molecule has 23 heavy (non-hydrogen) atoms. The van der Waals surface area contributed by atoms with Gasteiger partial charge in [0.1, 0.15) is 5.75 Å². The maximum Gasteiger partial charge on any atom is 0.498 e. The molecule has 0 bridgehead atoms. The molecule has 0 saturated carbocycles. The normalized spacial score (nSPS) is 19.7. The fraction of sp³-hybridized carbons (Fsp3) is 0.600. The van der Waals surface area contributed by atoms with E-state index in [-0.39, 0.29) is 0 Å². The number of hydrogen-bond donors (Lipinski definition) is 0. The molecule has 1 saturated heterocycles. The van der Waals surface area contributed by atoms with Gasteiger partial charge in [0, 0.05) is 12.5 Å². The second kappa shape index (κ2) is 5.68. The van der Waals surface area contributed by atoms with Gasteiger partial charge in [0.25, 0.3) is 0 Å². The summed E-state index contributed by atoms with van der Waals surface area (Å²) < 4.78 is 42.2. The van der Waals surface area contributed by atoms with Crippen molar-refractivity contribution in [2.75, 3.05) is 24.7 Å². The molecule has 0 spiro atoms. The van der Waals surface area contributed by atoms with Gasteiger partial charge in [-0.15, -0.1) is 0 Å². The third-order valence-electron chi connectivity index (χ3n) is 4.58. The summed E-state index contributed by atoms with van der Waals surface area (Å²) in [5, 5.41) is 0. The SMILES string of the molecule is COc1ccc(N(C)S(C)(=O)=O)cc1B1OC(C)(C)C(C)(C)O1. The van der Waals surface area contributed by atoms with Crippen LogP contribution in [0.15, 0.2) is 18.2 Å². The zero-order valence-electron chi connectivity index (χ0n) is 14.7.